The maximum absolute atomic E-state index is 10.6. The third kappa shape index (κ3) is 3.19. The molecule has 0 bridgehead atoms. The molecule has 1 aromatic rings. The number of hydrogen-bond acceptors (Lipinski definition) is 3. The zero-order chi connectivity index (χ0) is 11.6. The fourth-order valence-corrected chi connectivity index (χ4v) is 1.58. The molecule has 1 unspecified atom stereocenters. The molecule has 0 radical (unpaired) electrons. The number of thiol groups is 1. The van der Waals surface area contributed by atoms with Crippen LogP contribution >= 0.6 is 35.8 Å². The number of halogens is 2. The molecule has 0 saturated carbocycles. The van der Waals surface area contributed by atoms with Crippen LogP contribution in [0.25, 0.3) is 0 Å². The standard InChI is InChI=1S/C9H9Cl2NO2S/c1-4(9(13)14)12-5-2-6(10)8(15)7(11)3-5/h2-4,12,15H,1H3,(H,13,14). The minimum absolute atomic E-state index is 0.380. The Morgan fingerprint density at radius 2 is 1.93 bits per heavy atom. The van der Waals surface area contributed by atoms with Crippen molar-refractivity contribution >= 4 is 47.5 Å². The normalized spacial score (nSPS) is 12.3. The van der Waals surface area contributed by atoms with Gasteiger partial charge in [-0.05, 0) is 19.1 Å². The molecule has 3 nitrogen and oxygen atoms in total. The van der Waals surface area contributed by atoms with Crippen molar-refractivity contribution in [2.45, 2.75) is 17.9 Å². The monoisotopic (exact) mass is 265 g/mol. The molecule has 0 saturated heterocycles. The minimum atomic E-state index is -0.947. The van der Waals surface area contributed by atoms with Crippen LogP contribution in [-0.2, 0) is 4.79 Å². The van der Waals surface area contributed by atoms with E-state index in [0.717, 1.165) is 0 Å². The molecule has 1 aromatic carbocycles. The van der Waals surface area contributed by atoms with Crippen LogP contribution in [0.2, 0.25) is 10.0 Å². The van der Waals surface area contributed by atoms with Crippen molar-refractivity contribution < 1.29 is 9.90 Å². The van der Waals surface area contributed by atoms with E-state index in [2.05, 4.69) is 17.9 Å². The van der Waals surface area contributed by atoms with Crippen LogP contribution in [0.3, 0.4) is 0 Å². The Morgan fingerprint density at radius 1 is 1.47 bits per heavy atom. The summed E-state index contributed by atoms with van der Waals surface area (Å²) < 4.78 is 0. The van der Waals surface area contributed by atoms with E-state index in [1.54, 1.807) is 12.1 Å². The summed E-state index contributed by atoms with van der Waals surface area (Å²) in [7, 11) is 0. The molecular formula is C9H9Cl2NO2S. The van der Waals surface area contributed by atoms with E-state index in [9.17, 15) is 4.79 Å². The van der Waals surface area contributed by atoms with Crippen LogP contribution in [0, 0.1) is 0 Å². The van der Waals surface area contributed by atoms with Crippen molar-refractivity contribution in [3.05, 3.63) is 22.2 Å². The Labute approximate surface area is 103 Å². The van der Waals surface area contributed by atoms with Gasteiger partial charge in [-0.3, -0.25) is 4.79 Å². The second-order valence-corrected chi connectivity index (χ2v) is 4.25. The minimum Gasteiger partial charge on any atom is -0.480 e. The Bertz CT molecular complexity index is 375. The van der Waals surface area contributed by atoms with E-state index in [-0.39, 0.29) is 0 Å². The van der Waals surface area contributed by atoms with E-state index < -0.39 is 12.0 Å². The molecule has 0 spiro atoms. The molecule has 0 aliphatic carbocycles. The van der Waals surface area contributed by atoms with Crippen molar-refractivity contribution in [3.8, 4) is 0 Å². The maximum Gasteiger partial charge on any atom is 0.325 e. The second-order valence-electron chi connectivity index (χ2n) is 2.99. The van der Waals surface area contributed by atoms with Crippen molar-refractivity contribution in [2.24, 2.45) is 0 Å². The predicted molar refractivity (Wildman–Crippen MR) is 64.4 cm³/mol. The van der Waals surface area contributed by atoms with Gasteiger partial charge in [0.1, 0.15) is 6.04 Å². The molecule has 15 heavy (non-hydrogen) atoms. The van der Waals surface area contributed by atoms with E-state index >= 15 is 0 Å². The number of carboxylic acid groups (broad SMARTS) is 1. The van der Waals surface area contributed by atoms with Crippen LogP contribution in [-0.4, -0.2) is 17.1 Å². The van der Waals surface area contributed by atoms with Gasteiger partial charge >= 0.3 is 5.97 Å². The van der Waals surface area contributed by atoms with Gasteiger partial charge in [-0.25, -0.2) is 0 Å². The number of nitrogens with one attached hydrogen (secondary N) is 1. The van der Waals surface area contributed by atoms with E-state index in [0.29, 0.717) is 20.6 Å². The maximum atomic E-state index is 10.6. The summed E-state index contributed by atoms with van der Waals surface area (Å²) in [6.07, 6.45) is 0. The zero-order valence-electron chi connectivity index (χ0n) is 7.79. The quantitative estimate of drug-likeness (QED) is 0.736. The molecule has 82 valence electrons. The van der Waals surface area contributed by atoms with Gasteiger partial charge in [-0.1, -0.05) is 23.2 Å². The molecule has 2 N–H and O–H groups in total. The van der Waals surface area contributed by atoms with Gasteiger partial charge < -0.3 is 10.4 Å². The average molecular weight is 266 g/mol. The number of anilines is 1. The number of aliphatic carboxylic acids is 1. The molecule has 0 aliphatic heterocycles. The van der Waals surface area contributed by atoms with Crippen molar-refractivity contribution in [1.82, 2.24) is 0 Å². The first-order valence-corrected chi connectivity index (χ1v) is 5.29. The number of benzene rings is 1. The first-order valence-electron chi connectivity index (χ1n) is 4.09. The van der Waals surface area contributed by atoms with Gasteiger partial charge in [0, 0.05) is 10.6 Å². The van der Waals surface area contributed by atoms with E-state index in [4.69, 9.17) is 28.3 Å². The van der Waals surface area contributed by atoms with Gasteiger partial charge in [0.2, 0.25) is 0 Å². The average Bonchev–Trinajstić information content (AvgIpc) is 2.13. The number of carboxylic acids is 1. The molecule has 1 atom stereocenters. The highest BCUT2D eigenvalue weighted by Crippen LogP contribution is 2.31. The molecular weight excluding hydrogens is 257 g/mol. The van der Waals surface area contributed by atoms with Gasteiger partial charge in [0.25, 0.3) is 0 Å². The molecule has 1 rings (SSSR count). The highest BCUT2D eigenvalue weighted by Gasteiger charge is 2.12. The van der Waals surface area contributed by atoms with Gasteiger partial charge in [-0.15, -0.1) is 12.6 Å². The fraction of sp³-hybridized carbons (Fsp3) is 0.222. The molecule has 0 amide bonds. The Morgan fingerprint density at radius 3 is 2.33 bits per heavy atom. The SMILES string of the molecule is CC(Nc1cc(Cl)c(S)c(Cl)c1)C(=O)O. The Hall–Kier alpha value is -0.580. The second kappa shape index (κ2) is 4.96. The first-order chi connectivity index (χ1) is 6.91. The molecule has 0 heterocycles. The highest BCUT2D eigenvalue weighted by atomic mass is 35.5. The molecule has 6 heteroatoms. The number of carbonyl (C=O) groups is 1. The summed E-state index contributed by atoms with van der Waals surface area (Å²) in [6, 6.07) is 2.45. The Kier molecular flexibility index (Phi) is 4.13. The summed E-state index contributed by atoms with van der Waals surface area (Å²) in [5, 5.41) is 12.2. The van der Waals surface area contributed by atoms with Gasteiger partial charge in [-0.2, -0.15) is 0 Å². The molecule has 0 fully saturated rings. The van der Waals surface area contributed by atoms with Crippen molar-refractivity contribution in [2.75, 3.05) is 5.32 Å². The molecule has 0 aromatic heterocycles. The van der Waals surface area contributed by atoms with Crippen LogP contribution in [0.1, 0.15) is 6.92 Å². The van der Waals surface area contributed by atoms with Crippen LogP contribution < -0.4 is 5.32 Å². The fourth-order valence-electron chi connectivity index (χ4n) is 0.961. The third-order valence-electron chi connectivity index (χ3n) is 1.77. The third-order valence-corrected chi connectivity index (χ3v) is 3.11. The Balaban J connectivity index is 2.92. The highest BCUT2D eigenvalue weighted by molar-refractivity contribution is 7.80. The van der Waals surface area contributed by atoms with Gasteiger partial charge in [0.05, 0.1) is 10.0 Å². The largest absolute Gasteiger partial charge is 0.480 e. The van der Waals surface area contributed by atoms with Crippen LogP contribution in [0.5, 0.6) is 0 Å². The summed E-state index contributed by atoms with van der Waals surface area (Å²) in [5.41, 5.74) is 0.553. The van der Waals surface area contributed by atoms with E-state index in [1.165, 1.54) is 6.92 Å². The smallest absolute Gasteiger partial charge is 0.325 e. The predicted octanol–water partition coefficient (Wildman–Crippen LogP) is 3.17. The summed E-state index contributed by atoms with van der Waals surface area (Å²) in [4.78, 5) is 11.1. The first kappa shape index (κ1) is 12.5. The zero-order valence-corrected chi connectivity index (χ0v) is 10.2. The molecule has 0 aliphatic rings. The van der Waals surface area contributed by atoms with E-state index in [1.807, 2.05) is 0 Å². The van der Waals surface area contributed by atoms with Gasteiger partial charge in [0.15, 0.2) is 0 Å². The summed E-state index contributed by atoms with van der Waals surface area (Å²) >= 11 is 15.7. The lowest BCUT2D eigenvalue weighted by Crippen LogP contribution is -2.25. The lowest BCUT2D eigenvalue weighted by atomic mass is 10.2. The van der Waals surface area contributed by atoms with Crippen molar-refractivity contribution in [3.63, 3.8) is 0 Å². The lowest BCUT2D eigenvalue weighted by Gasteiger charge is -2.12. The number of hydrogen-bond donors (Lipinski definition) is 3. The van der Waals surface area contributed by atoms with Crippen LogP contribution in [0.15, 0.2) is 17.0 Å². The summed E-state index contributed by atoms with van der Waals surface area (Å²) in [6.45, 7) is 1.53. The van der Waals surface area contributed by atoms with Crippen LogP contribution in [0.4, 0.5) is 5.69 Å². The number of rotatable bonds is 3. The lowest BCUT2D eigenvalue weighted by molar-refractivity contribution is -0.137. The topological polar surface area (TPSA) is 49.3 Å². The van der Waals surface area contributed by atoms with Crippen molar-refractivity contribution in [1.29, 1.82) is 0 Å². The summed E-state index contributed by atoms with van der Waals surface area (Å²) in [5.74, 6) is -0.947.